The molecular weight excluding hydrogens is 372 g/mol. The number of carbonyl (C=O) groups is 1. The number of urea groups is 1. The zero-order valence-corrected chi connectivity index (χ0v) is 16.2. The van der Waals surface area contributed by atoms with Crippen LogP contribution in [0.25, 0.3) is 0 Å². The molecule has 0 aliphatic carbocycles. The minimum Gasteiger partial charge on any atom is -0.345 e. The minimum absolute atomic E-state index is 0.193. The number of hydrogen-bond acceptors (Lipinski definition) is 1. The molecule has 0 aliphatic rings. The number of aryl methyl sites for hydroxylation is 1. The van der Waals surface area contributed by atoms with E-state index in [4.69, 9.17) is 0 Å². The topological polar surface area (TPSA) is 37.3 Å². The molecule has 0 unspecified atom stereocenters. The van der Waals surface area contributed by atoms with Crippen LogP contribution >= 0.6 is 0 Å². The lowest BCUT2D eigenvalue weighted by Gasteiger charge is -2.23. The van der Waals surface area contributed by atoms with Gasteiger partial charge in [0.15, 0.2) is 11.6 Å². The van der Waals surface area contributed by atoms with Crippen molar-refractivity contribution in [1.82, 2.24) is 9.47 Å². The SMILES string of the molecule is C=CCN(Cc1cccn1Cc1cccc(C)c1)C(=O)Nc1ccc(F)c(F)c1. The maximum absolute atomic E-state index is 13.4. The number of anilines is 1. The van der Waals surface area contributed by atoms with Gasteiger partial charge in [-0.15, -0.1) is 6.58 Å². The third-order valence-corrected chi connectivity index (χ3v) is 4.52. The van der Waals surface area contributed by atoms with Crippen molar-refractivity contribution in [3.63, 3.8) is 0 Å². The van der Waals surface area contributed by atoms with E-state index in [9.17, 15) is 13.6 Å². The quantitative estimate of drug-likeness (QED) is 0.539. The van der Waals surface area contributed by atoms with Gasteiger partial charge in [0.2, 0.25) is 0 Å². The van der Waals surface area contributed by atoms with Gasteiger partial charge in [0.05, 0.1) is 6.54 Å². The highest BCUT2D eigenvalue weighted by Gasteiger charge is 2.16. The van der Waals surface area contributed by atoms with E-state index >= 15 is 0 Å². The number of aromatic nitrogens is 1. The smallest absolute Gasteiger partial charge is 0.322 e. The Morgan fingerprint density at radius 1 is 1.14 bits per heavy atom. The van der Waals surface area contributed by atoms with Gasteiger partial charge in [0, 0.05) is 36.7 Å². The van der Waals surface area contributed by atoms with Crippen LogP contribution in [0.5, 0.6) is 0 Å². The van der Waals surface area contributed by atoms with E-state index in [0.717, 1.165) is 17.8 Å². The second kappa shape index (κ2) is 9.19. The maximum Gasteiger partial charge on any atom is 0.322 e. The Bertz CT molecular complexity index is 1010. The van der Waals surface area contributed by atoms with E-state index in [1.165, 1.54) is 17.2 Å². The monoisotopic (exact) mass is 395 g/mol. The molecule has 0 radical (unpaired) electrons. The zero-order valence-electron chi connectivity index (χ0n) is 16.2. The van der Waals surface area contributed by atoms with Crippen LogP contribution in [-0.4, -0.2) is 22.0 Å². The van der Waals surface area contributed by atoms with E-state index < -0.39 is 17.7 Å². The first kappa shape index (κ1) is 20.3. The van der Waals surface area contributed by atoms with Crippen LogP contribution in [0, 0.1) is 18.6 Å². The zero-order chi connectivity index (χ0) is 20.8. The van der Waals surface area contributed by atoms with Crippen LogP contribution in [0.3, 0.4) is 0 Å². The van der Waals surface area contributed by atoms with Crippen LogP contribution in [0.2, 0.25) is 0 Å². The van der Waals surface area contributed by atoms with Crippen LogP contribution in [0.4, 0.5) is 19.3 Å². The summed E-state index contributed by atoms with van der Waals surface area (Å²) in [7, 11) is 0. The average molecular weight is 395 g/mol. The maximum atomic E-state index is 13.4. The molecule has 0 bridgehead atoms. The van der Waals surface area contributed by atoms with Crippen LogP contribution < -0.4 is 5.32 Å². The van der Waals surface area contributed by atoms with Crippen molar-refractivity contribution >= 4 is 11.7 Å². The molecule has 29 heavy (non-hydrogen) atoms. The van der Waals surface area contributed by atoms with Gasteiger partial charge in [-0.25, -0.2) is 13.6 Å². The minimum atomic E-state index is -1.01. The van der Waals surface area contributed by atoms with Crippen LogP contribution in [0.1, 0.15) is 16.8 Å². The Kier molecular flexibility index (Phi) is 6.44. The first-order valence-corrected chi connectivity index (χ1v) is 9.27. The number of rotatable bonds is 7. The second-order valence-corrected chi connectivity index (χ2v) is 6.84. The highest BCUT2D eigenvalue weighted by atomic mass is 19.2. The van der Waals surface area contributed by atoms with Crippen molar-refractivity contribution in [1.29, 1.82) is 0 Å². The standard InChI is InChI=1S/C23H23F2N3O/c1-3-11-28(23(29)26-19-9-10-21(24)22(25)14-19)16-20-8-5-12-27(20)15-18-7-4-6-17(2)13-18/h3-10,12-14H,1,11,15-16H2,2H3,(H,26,29). The number of hydrogen-bond donors (Lipinski definition) is 1. The van der Waals surface area contributed by atoms with Gasteiger partial charge in [-0.1, -0.05) is 35.9 Å². The molecule has 2 amide bonds. The van der Waals surface area contributed by atoms with Gasteiger partial charge in [0.1, 0.15) is 0 Å². The summed E-state index contributed by atoms with van der Waals surface area (Å²) in [4.78, 5) is 14.2. The Balaban J connectivity index is 1.73. The Morgan fingerprint density at radius 2 is 1.97 bits per heavy atom. The summed E-state index contributed by atoms with van der Waals surface area (Å²) in [5, 5.41) is 2.61. The Labute approximate surface area is 169 Å². The predicted octanol–water partition coefficient (Wildman–Crippen LogP) is 5.34. The van der Waals surface area contributed by atoms with E-state index in [2.05, 4.69) is 41.6 Å². The second-order valence-electron chi connectivity index (χ2n) is 6.84. The lowest BCUT2D eigenvalue weighted by Crippen LogP contribution is -2.35. The Hall–Kier alpha value is -3.41. The summed E-state index contributed by atoms with van der Waals surface area (Å²) in [5.74, 6) is -1.97. The first-order chi connectivity index (χ1) is 14.0. The molecule has 3 rings (SSSR count). The van der Waals surface area contributed by atoms with Gasteiger partial charge in [-0.05, 0) is 36.8 Å². The van der Waals surface area contributed by atoms with E-state index in [-0.39, 0.29) is 5.69 Å². The van der Waals surface area contributed by atoms with Crippen molar-refractivity contribution in [3.05, 3.63) is 102 Å². The summed E-state index contributed by atoms with van der Waals surface area (Å²) >= 11 is 0. The molecule has 0 aliphatic heterocycles. The molecule has 1 aromatic heterocycles. The molecule has 0 saturated carbocycles. The third kappa shape index (κ3) is 5.31. The molecule has 1 N–H and O–H groups in total. The van der Waals surface area contributed by atoms with Crippen LogP contribution in [-0.2, 0) is 13.1 Å². The lowest BCUT2D eigenvalue weighted by atomic mass is 10.1. The molecule has 1 heterocycles. The molecule has 2 aromatic carbocycles. The number of carbonyl (C=O) groups excluding carboxylic acids is 1. The van der Waals surface area contributed by atoms with E-state index in [0.29, 0.717) is 19.6 Å². The fourth-order valence-corrected chi connectivity index (χ4v) is 3.10. The summed E-state index contributed by atoms with van der Waals surface area (Å²) in [6, 6.07) is 15.0. The molecule has 6 heteroatoms. The van der Waals surface area contributed by atoms with Crippen molar-refractivity contribution in [2.45, 2.75) is 20.0 Å². The number of benzene rings is 2. The van der Waals surface area contributed by atoms with E-state index in [1.54, 1.807) is 11.0 Å². The van der Waals surface area contributed by atoms with Crippen molar-refractivity contribution < 1.29 is 13.6 Å². The molecule has 4 nitrogen and oxygen atoms in total. The lowest BCUT2D eigenvalue weighted by molar-refractivity contribution is 0.214. The summed E-state index contributed by atoms with van der Waals surface area (Å²) in [5.41, 5.74) is 3.51. The summed E-state index contributed by atoms with van der Waals surface area (Å²) in [6.07, 6.45) is 3.59. The van der Waals surface area contributed by atoms with Crippen molar-refractivity contribution in [2.24, 2.45) is 0 Å². The van der Waals surface area contributed by atoms with Gasteiger partial charge in [-0.2, -0.15) is 0 Å². The molecular formula is C23H23F2N3O. The Morgan fingerprint density at radius 3 is 2.69 bits per heavy atom. The van der Waals surface area contributed by atoms with Gasteiger partial charge < -0.3 is 14.8 Å². The van der Waals surface area contributed by atoms with Gasteiger partial charge >= 0.3 is 6.03 Å². The highest BCUT2D eigenvalue weighted by Crippen LogP contribution is 2.16. The number of nitrogens with one attached hydrogen (secondary N) is 1. The third-order valence-electron chi connectivity index (χ3n) is 4.52. The summed E-state index contributed by atoms with van der Waals surface area (Å²) in [6.45, 7) is 7.11. The van der Waals surface area contributed by atoms with Crippen LogP contribution in [0.15, 0.2) is 73.4 Å². The normalized spacial score (nSPS) is 10.6. The fraction of sp³-hybridized carbons (Fsp3) is 0.174. The predicted molar refractivity (Wildman–Crippen MR) is 111 cm³/mol. The van der Waals surface area contributed by atoms with E-state index in [1.807, 2.05) is 24.4 Å². The first-order valence-electron chi connectivity index (χ1n) is 9.27. The van der Waals surface area contributed by atoms with Crippen molar-refractivity contribution in [3.8, 4) is 0 Å². The molecule has 3 aromatic rings. The molecule has 0 fully saturated rings. The molecule has 0 saturated heterocycles. The van der Waals surface area contributed by atoms with Gasteiger partial charge in [0.25, 0.3) is 0 Å². The highest BCUT2D eigenvalue weighted by molar-refractivity contribution is 5.89. The number of amides is 2. The molecule has 0 atom stereocenters. The molecule has 0 spiro atoms. The van der Waals surface area contributed by atoms with Gasteiger partial charge in [-0.3, -0.25) is 0 Å². The summed E-state index contributed by atoms with van der Waals surface area (Å²) < 4.78 is 28.6. The largest absolute Gasteiger partial charge is 0.345 e. The number of halogens is 2. The molecule has 150 valence electrons. The average Bonchev–Trinajstić information content (AvgIpc) is 3.11. The fourth-order valence-electron chi connectivity index (χ4n) is 3.10. The number of nitrogens with zero attached hydrogens (tertiary/aromatic N) is 2. The van der Waals surface area contributed by atoms with Crippen molar-refractivity contribution in [2.75, 3.05) is 11.9 Å².